The van der Waals surface area contributed by atoms with E-state index in [0.717, 1.165) is 19.3 Å². The van der Waals surface area contributed by atoms with Gasteiger partial charge < -0.3 is 11.1 Å². The third-order valence-electron chi connectivity index (χ3n) is 3.93. The average molecular weight is 348 g/mol. The number of hydrogen-bond acceptors (Lipinski definition) is 4. The fourth-order valence-corrected chi connectivity index (χ4v) is 2.80. The number of alkyl halides is 3. The third-order valence-corrected chi connectivity index (χ3v) is 3.93. The minimum Gasteiger partial charge on any atom is -0.345 e. The maximum absolute atomic E-state index is 12.5. The molecule has 0 fully saturated rings. The second-order valence-electron chi connectivity index (χ2n) is 5.66. The van der Waals surface area contributed by atoms with Crippen molar-refractivity contribution >= 4 is 5.91 Å². The van der Waals surface area contributed by atoms with Crippen LogP contribution in [0.3, 0.4) is 0 Å². The summed E-state index contributed by atoms with van der Waals surface area (Å²) in [7, 11) is 0. The first-order valence-corrected chi connectivity index (χ1v) is 7.63. The van der Waals surface area contributed by atoms with Crippen LogP contribution in [0.15, 0.2) is 9.59 Å². The number of halogens is 3. The normalized spacial score (nSPS) is 14.8. The van der Waals surface area contributed by atoms with E-state index >= 15 is 0 Å². The second kappa shape index (κ2) is 7.20. The van der Waals surface area contributed by atoms with Crippen LogP contribution in [0.5, 0.6) is 0 Å². The molecule has 0 spiro atoms. The number of amides is 1. The van der Waals surface area contributed by atoms with Crippen LogP contribution in [0.25, 0.3) is 0 Å². The van der Waals surface area contributed by atoms with Gasteiger partial charge in [0.05, 0.1) is 5.56 Å². The van der Waals surface area contributed by atoms with Crippen LogP contribution < -0.4 is 22.3 Å². The lowest BCUT2D eigenvalue weighted by atomic mass is 10.1. The van der Waals surface area contributed by atoms with Crippen molar-refractivity contribution in [2.75, 3.05) is 6.54 Å². The van der Waals surface area contributed by atoms with Gasteiger partial charge >= 0.3 is 11.9 Å². The Morgan fingerprint density at radius 2 is 1.92 bits per heavy atom. The lowest BCUT2D eigenvalue weighted by molar-refractivity contribution is -0.138. The number of nitrogens with one attached hydrogen (secondary N) is 1. The molecule has 0 unspecified atom stereocenters. The van der Waals surface area contributed by atoms with E-state index in [1.807, 2.05) is 0 Å². The summed E-state index contributed by atoms with van der Waals surface area (Å²) in [5, 5.41) is 1.65. The van der Waals surface area contributed by atoms with Gasteiger partial charge in [-0.15, -0.1) is 0 Å². The summed E-state index contributed by atoms with van der Waals surface area (Å²) < 4.78 is 38.5. The van der Waals surface area contributed by atoms with Crippen LogP contribution in [0.4, 0.5) is 13.2 Å². The van der Waals surface area contributed by atoms with E-state index in [4.69, 9.17) is 5.73 Å². The molecular weight excluding hydrogens is 329 g/mol. The summed E-state index contributed by atoms with van der Waals surface area (Å²) >= 11 is 0. The maximum Gasteiger partial charge on any atom is 0.405 e. The molecule has 0 bridgehead atoms. The van der Waals surface area contributed by atoms with Crippen LogP contribution in [0, 0.1) is 0 Å². The van der Waals surface area contributed by atoms with Gasteiger partial charge in [0.25, 0.3) is 5.56 Å². The minimum atomic E-state index is -4.56. The van der Waals surface area contributed by atoms with Crippen molar-refractivity contribution in [2.45, 2.75) is 51.5 Å². The largest absolute Gasteiger partial charge is 0.405 e. The van der Waals surface area contributed by atoms with E-state index < -0.39 is 36.4 Å². The third kappa shape index (κ3) is 4.05. The Balaban J connectivity index is 2.37. The van der Waals surface area contributed by atoms with Gasteiger partial charge in [-0.25, -0.2) is 4.79 Å². The highest BCUT2D eigenvalue weighted by Gasteiger charge is 2.28. The van der Waals surface area contributed by atoms with Gasteiger partial charge in [0.15, 0.2) is 0 Å². The molecule has 0 saturated heterocycles. The standard InChI is InChI=1S/C14H19F3N4O3/c15-14(16,17)8-19-11(22)7-21-12(23)9(6-18)10-4-2-1-3-5-20(10)13(21)24/h1-8,18H2,(H,19,22). The van der Waals surface area contributed by atoms with Crippen LogP contribution in [-0.2, 0) is 30.8 Å². The Hall–Kier alpha value is -2.10. The molecule has 0 aromatic carbocycles. The first kappa shape index (κ1) is 18.2. The highest BCUT2D eigenvalue weighted by Crippen LogP contribution is 2.14. The molecule has 0 saturated carbocycles. The fraction of sp³-hybridized carbons (Fsp3) is 0.643. The predicted octanol–water partition coefficient (Wildman–Crippen LogP) is -0.126. The van der Waals surface area contributed by atoms with E-state index in [1.165, 1.54) is 4.57 Å². The smallest absolute Gasteiger partial charge is 0.345 e. The maximum atomic E-state index is 12.5. The lowest BCUT2D eigenvalue weighted by Gasteiger charge is -2.16. The van der Waals surface area contributed by atoms with E-state index in [-0.39, 0.29) is 12.1 Å². The number of carbonyl (C=O) groups is 1. The van der Waals surface area contributed by atoms with E-state index in [0.29, 0.717) is 23.2 Å². The lowest BCUT2D eigenvalue weighted by Crippen LogP contribution is -2.47. The molecule has 0 aliphatic carbocycles. The van der Waals surface area contributed by atoms with Gasteiger partial charge in [-0.05, 0) is 19.3 Å². The van der Waals surface area contributed by atoms with Gasteiger partial charge in [-0.1, -0.05) is 6.42 Å². The number of aromatic nitrogens is 2. The highest BCUT2D eigenvalue weighted by atomic mass is 19.4. The quantitative estimate of drug-likeness (QED) is 0.792. The molecule has 3 N–H and O–H groups in total. The summed E-state index contributed by atoms with van der Waals surface area (Å²) in [5.41, 5.74) is 5.02. The Labute approximate surface area is 135 Å². The summed E-state index contributed by atoms with van der Waals surface area (Å²) in [4.78, 5) is 36.5. The zero-order valence-electron chi connectivity index (χ0n) is 13.0. The Kier molecular flexibility index (Phi) is 5.47. The zero-order valence-corrected chi connectivity index (χ0v) is 13.0. The molecule has 1 aromatic rings. The molecule has 10 heteroatoms. The van der Waals surface area contributed by atoms with Crippen molar-refractivity contribution in [3.63, 3.8) is 0 Å². The van der Waals surface area contributed by atoms with Gasteiger partial charge in [-0.3, -0.25) is 18.7 Å². The van der Waals surface area contributed by atoms with Crippen LogP contribution in [0.2, 0.25) is 0 Å². The van der Waals surface area contributed by atoms with Gasteiger partial charge in [-0.2, -0.15) is 13.2 Å². The number of hydrogen-bond donors (Lipinski definition) is 2. The molecule has 0 atom stereocenters. The predicted molar refractivity (Wildman–Crippen MR) is 79.5 cm³/mol. The SMILES string of the molecule is NCc1c2n(c(=O)n(CC(=O)NCC(F)(F)F)c1=O)CCCCC2. The molecule has 134 valence electrons. The average Bonchev–Trinajstić information content (AvgIpc) is 2.75. The Morgan fingerprint density at radius 1 is 1.21 bits per heavy atom. The number of carbonyl (C=O) groups excluding carboxylic acids is 1. The minimum absolute atomic E-state index is 0.0986. The Bertz CT molecular complexity index is 736. The summed E-state index contributed by atoms with van der Waals surface area (Å²) in [6.07, 6.45) is -1.56. The molecule has 7 nitrogen and oxygen atoms in total. The topological polar surface area (TPSA) is 99.1 Å². The van der Waals surface area contributed by atoms with E-state index in [9.17, 15) is 27.6 Å². The zero-order chi connectivity index (χ0) is 17.9. The van der Waals surface area contributed by atoms with Gasteiger partial charge in [0.1, 0.15) is 13.1 Å². The van der Waals surface area contributed by atoms with Crippen molar-refractivity contribution in [3.8, 4) is 0 Å². The number of fused-ring (bicyclic) bond motifs is 1. The molecular formula is C14H19F3N4O3. The fourth-order valence-electron chi connectivity index (χ4n) is 2.80. The number of nitrogens with zero attached hydrogens (tertiary/aromatic N) is 2. The number of rotatable bonds is 4. The van der Waals surface area contributed by atoms with Crippen LogP contribution >= 0.6 is 0 Å². The molecule has 24 heavy (non-hydrogen) atoms. The first-order valence-electron chi connectivity index (χ1n) is 7.63. The van der Waals surface area contributed by atoms with Crippen molar-refractivity contribution in [3.05, 3.63) is 32.1 Å². The van der Waals surface area contributed by atoms with Crippen molar-refractivity contribution in [1.29, 1.82) is 0 Å². The monoisotopic (exact) mass is 348 g/mol. The number of nitrogens with two attached hydrogens (primary N) is 1. The van der Waals surface area contributed by atoms with Crippen LogP contribution in [-0.4, -0.2) is 27.8 Å². The summed E-state index contributed by atoms with van der Waals surface area (Å²) in [6, 6.07) is 0. The highest BCUT2D eigenvalue weighted by molar-refractivity contribution is 5.75. The first-order chi connectivity index (χ1) is 11.2. The van der Waals surface area contributed by atoms with Crippen molar-refractivity contribution < 1.29 is 18.0 Å². The van der Waals surface area contributed by atoms with Gasteiger partial charge in [0, 0.05) is 18.8 Å². The summed E-state index contributed by atoms with van der Waals surface area (Å²) in [6.45, 7) is -1.98. The second-order valence-corrected chi connectivity index (χ2v) is 5.66. The van der Waals surface area contributed by atoms with E-state index in [2.05, 4.69) is 0 Å². The van der Waals surface area contributed by atoms with Crippen LogP contribution in [0.1, 0.15) is 30.5 Å². The summed E-state index contributed by atoms with van der Waals surface area (Å²) in [5.74, 6) is -1.05. The van der Waals surface area contributed by atoms with Crippen molar-refractivity contribution in [2.24, 2.45) is 5.73 Å². The van der Waals surface area contributed by atoms with E-state index in [1.54, 1.807) is 5.32 Å². The molecule has 0 radical (unpaired) electrons. The molecule has 1 aliphatic rings. The van der Waals surface area contributed by atoms with Gasteiger partial charge in [0.2, 0.25) is 5.91 Å². The molecule has 1 aromatic heterocycles. The molecule has 1 amide bonds. The molecule has 2 rings (SSSR count). The van der Waals surface area contributed by atoms with Crippen molar-refractivity contribution in [1.82, 2.24) is 14.5 Å². The Morgan fingerprint density at radius 3 is 2.54 bits per heavy atom. The molecule has 1 aliphatic heterocycles. The molecule has 2 heterocycles.